The average Bonchev–Trinajstić information content (AvgIpc) is 3.18. The molecule has 1 saturated heterocycles. The van der Waals surface area contributed by atoms with Gasteiger partial charge in [0, 0.05) is 18.5 Å². The summed E-state index contributed by atoms with van der Waals surface area (Å²) in [6, 6.07) is 10.6. The molecule has 1 aliphatic heterocycles. The minimum atomic E-state index is 0.137. The van der Waals surface area contributed by atoms with E-state index in [1.54, 1.807) is 0 Å². The van der Waals surface area contributed by atoms with Crippen molar-refractivity contribution in [1.29, 1.82) is 0 Å². The number of nitrogens with one attached hydrogen (secondary N) is 1. The number of benzene rings is 1. The lowest BCUT2D eigenvalue weighted by atomic mass is 9.94. The minimum absolute atomic E-state index is 0.137. The molecule has 134 valence electrons. The largest absolute Gasteiger partial charge is 0.378 e. The van der Waals surface area contributed by atoms with E-state index in [9.17, 15) is 0 Å². The first-order valence-electron chi connectivity index (χ1n) is 9.57. The van der Waals surface area contributed by atoms with E-state index in [0.29, 0.717) is 6.10 Å². The number of hydrogen-bond donors (Lipinski definition) is 1. The van der Waals surface area contributed by atoms with Crippen molar-refractivity contribution in [2.75, 3.05) is 19.8 Å². The van der Waals surface area contributed by atoms with E-state index in [-0.39, 0.29) is 11.0 Å². The van der Waals surface area contributed by atoms with E-state index in [1.807, 2.05) is 0 Å². The molecule has 1 aromatic rings. The first-order chi connectivity index (χ1) is 11.6. The molecule has 1 spiro atoms. The summed E-state index contributed by atoms with van der Waals surface area (Å²) in [6.07, 6.45) is 7.93. The predicted molar refractivity (Wildman–Crippen MR) is 98.1 cm³/mol. The van der Waals surface area contributed by atoms with Crippen molar-refractivity contribution in [1.82, 2.24) is 5.32 Å². The summed E-state index contributed by atoms with van der Waals surface area (Å²) >= 11 is 0. The highest BCUT2D eigenvalue weighted by molar-refractivity contribution is 5.14. The molecular formula is C21H33NO2. The van der Waals surface area contributed by atoms with Crippen LogP contribution in [-0.2, 0) is 16.0 Å². The van der Waals surface area contributed by atoms with E-state index in [0.717, 1.165) is 26.3 Å². The van der Waals surface area contributed by atoms with Crippen molar-refractivity contribution in [3.05, 3.63) is 35.9 Å². The van der Waals surface area contributed by atoms with Crippen LogP contribution in [0.1, 0.15) is 57.9 Å². The van der Waals surface area contributed by atoms with Gasteiger partial charge < -0.3 is 14.8 Å². The van der Waals surface area contributed by atoms with Crippen LogP contribution in [0.5, 0.6) is 0 Å². The smallest absolute Gasteiger partial charge is 0.0817 e. The lowest BCUT2D eigenvalue weighted by molar-refractivity contribution is -0.0760. The highest BCUT2D eigenvalue weighted by atomic mass is 16.6. The molecule has 0 radical (unpaired) electrons. The van der Waals surface area contributed by atoms with E-state index >= 15 is 0 Å². The lowest BCUT2D eigenvalue weighted by Gasteiger charge is -2.27. The maximum absolute atomic E-state index is 6.32. The van der Waals surface area contributed by atoms with E-state index in [4.69, 9.17) is 9.47 Å². The topological polar surface area (TPSA) is 30.5 Å². The molecule has 2 fully saturated rings. The maximum atomic E-state index is 6.32. The van der Waals surface area contributed by atoms with Crippen LogP contribution < -0.4 is 5.32 Å². The van der Waals surface area contributed by atoms with Crippen molar-refractivity contribution in [2.45, 2.75) is 70.6 Å². The van der Waals surface area contributed by atoms with Gasteiger partial charge in [-0.1, -0.05) is 57.0 Å². The first kappa shape index (κ1) is 17.9. The van der Waals surface area contributed by atoms with Crippen LogP contribution in [0.2, 0.25) is 0 Å². The second kappa shape index (κ2) is 7.99. The summed E-state index contributed by atoms with van der Waals surface area (Å²) in [5.41, 5.74) is 1.69. The standard InChI is InChI=1S/C21H33NO2/c1-20(2,16-22-14-18-8-4-3-5-9-18)17-23-15-19-10-13-21(24-19)11-6-7-12-21/h3-5,8-9,19,22H,6-7,10-17H2,1-2H3. The van der Waals surface area contributed by atoms with Crippen LogP contribution in [0.25, 0.3) is 0 Å². The average molecular weight is 332 g/mol. The summed E-state index contributed by atoms with van der Waals surface area (Å²) in [6.45, 7) is 7.93. The Balaban J connectivity index is 1.32. The van der Waals surface area contributed by atoms with Crippen molar-refractivity contribution < 1.29 is 9.47 Å². The van der Waals surface area contributed by atoms with Gasteiger partial charge in [0.2, 0.25) is 0 Å². The Labute approximate surface area is 147 Å². The van der Waals surface area contributed by atoms with Gasteiger partial charge in [-0.25, -0.2) is 0 Å². The van der Waals surface area contributed by atoms with Gasteiger partial charge in [0.1, 0.15) is 0 Å². The van der Waals surface area contributed by atoms with Crippen LogP contribution in [0.3, 0.4) is 0 Å². The predicted octanol–water partition coefficient (Wildman–Crippen LogP) is 4.31. The molecule has 1 heterocycles. The van der Waals surface area contributed by atoms with Crippen molar-refractivity contribution in [2.24, 2.45) is 5.41 Å². The summed E-state index contributed by atoms with van der Waals surface area (Å²) < 4.78 is 12.3. The molecular weight excluding hydrogens is 298 g/mol. The monoisotopic (exact) mass is 331 g/mol. The number of ether oxygens (including phenoxy) is 2. The second-order valence-electron chi connectivity index (χ2n) is 8.44. The summed E-state index contributed by atoms with van der Waals surface area (Å²) in [5.74, 6) is 0. The van der Waals surface area contributed by atoms with Crippen molar-refractivity contribution in [3.8, 4) is 0 Å². The van der Waals surface area contributed by atoms with Gasteiger partial charge in [-0.2, -0.15) is 0 Å². The maximum Gasteiger partial charge on any atom is 0.0817 e. The molecule has 1 aliphatic carbocycles. The van der Waals surface area contributed by atoms with Crippen molar-refractivity contribution in [3.63, 3.8) is 0 Å². The van der Waals surface area contributed by atoms with Gasteiger partial charge in [0.05, 0.1) is 24.9 Å². The lowest BCUT2D eigenvalue weighted by Crippen LogP contribution is -2.34. The molecule has 0 aromatic heterocycles. The normalized spacial score (nSPS) is 23.2. The zero-order valence-electron chi connectivity index (χ0n) is 15.4. The third kappa shape index (κ3) is 5.05. The van der Waals surface area contributed by atoms with Crippen LogP contribution >= 0.6 is 0 Å². The fourth-order valence-electron chi connectivity index (χ4n) is 4.06. The molecule has 1 saturated carbocycles. The molecule has 1 aromatic carbocycles. The number of hydrogen-bond acceptors (Lipinski definition) is 3. The van der Waals surface area contributed by atoms with Gasteiger partial charge in [0.15, 0.2) is 0 Å². The third-order valence-corrected chi connectivity index (χ3v) is 5.43. The molecule has 0 bridgehead atoms. The number of rotatable bonds is 8. The van der Waals surface area contributed by atoms with Gasteiger partial charge in [-0.3, -0.25) is 0 Å². The van der Waals surface area contributed by atoms with Crippen LogP contribution in [0.15, 0.2) is 30.3 Å². The second-order valence-corrected chi connectivity index (χ2v) is 8.44. The van der Waals surface area contributed by atoms with Crippen LogP contribution in [0.4, 0.5) is 0 Å². The molecule has 1 unspecified atom stereocenters. The molecule has 1 atom stereocenters. The zero-order chi connectivity index (χ0) is 16.9. The van der Waals surface area contributed by atoms with Gasteiger partial charge in [-0.15, -0.1) is 0 Å². The fraction of sp³-hybridized carbons (Fsp3) is 0.714. The Morgan fingerprint density at radius 3 is 2.67 bits per heavy atom. The van der Waals surface area contributed by atoms with E-state index in [2.05, 4.69) is 49.5 Å². The fourth-order valence-corrected chi connectivity index (χ4v) is 4.06. The quantitative estimate of drug-likeness (QED) is 0.770. The molecule has 3 nitrogen and oxygen atoms in total. The Hall–Kier alpha value is -0.900. The third-order valence-electron chi connectivity index (χ3n) is 5.43. The van der Waals surface area contributed by atoms with E-state index in [1.165, 1.54) is 44.1 Å². The van der Waals surface area contributed by atoms with Crippen molar-refractivity contribution >= 4 is 0 Å². The Kier molecular flexibility index (Phi) is 5.96. The molecule has 3 heteroatoms. The molecule has 1 N–H and O–H groups in total. The van der Waals surface area contributed by atoms with Gasteiger partial charge >= 0.3 is 0 Å². The Bertz CT molecular complexity index is 494. The SMILES string of the molecule is CC(C)(CNCc1ccccc1)COCC1CCC2(CCCC2)O1. The van der Waals surface area contributed by atoms with Crippen LogP contribution in [-0.4, -0.2) is 31.5 Å². The zero-order valence-corrected chi connectivity index (χ0v) is 15.4. The first-order valence-corrected chi connectivity index (χ1v) is 9.57. The summed E-state index contributed by atoms with van der Waals surface area (Å²) in [4.78, 5) is 0. The summed E-state index contributed by atoms with van der Waals surface area (Å²) in [7, 11) is 0. The Morgan fingerprint density at radius 1 is 1.17 bits per heavy atom. The minimum Gasteiger partial charge on any atom is -0.378 e. The molecule has 0 amide bonds. The molecule has 3 rings (SSSR count). The van der Waals surface area contributed by atoms with Gasteiger partial charge in [0.25, 0.3) is 0 Å². The Morgan fingerprint density at radius 2 is 1.92 bits per heavy atom. The van der Waals surface area contributed by atoms with Gasteiger partial charge in [-0.05, 0) is 31.2 Å². The molecule has 2 aliphatic rings. The molecule has 24 heavy (non-hydrogen) atoms. The summed E-state index contributed by atoms with van der Waals surface area (Å²) in [5, 5.41) is 3.55. The highest BCUT2D eigenvalue weighted by Crippen LogP contribution is 2.43. The van der Waals surface area contributed by atoms with Crippen LogP contribution in [0, 0.1) is 5.41 Å². The highest BCUT2D eigenvalue weighted by Gasteiger charge is 2.42. The van der Waals surface area contributed by atoms with E-state index < -0.39 is 0 Å².